The van der Waals surface area contributed by atoms with Gasteiger partial charge in [0, 0.05) is 0 Å². The van der Waals surface area contributed by atoms with Gasteiger partial charge in [0.05, 0.1) is 5.75 Å². The first-order valence-corrected chi connectivity index (χ1v) is 4.69. The summed E-state index contributed by atoms with van der Waals surface area (Å²) in [5.41, 5.74) is 5.17. The molecule has 60 valence electrons. The van der Waals surface area contributed by atoms with Crippen LogP contribution in [0.2, 0.25) is 0 Å². The molecule has 0 spiro atoms. The fraction of sp³-hybridized carbons (Fsp3) is 0.857. The monoisotopic (exact) mass is 160 g/mol. The molecular weight excluding hydrogens is 144 g/mol. The topological polar surface area (TPSA) is 49.9 Å². The lowest BCUT2D eigenvalue weighted by Gasteiger charge is -2.02. The molecule has 0 saturated carbocycles. The van der Waals surface area contributed by atoms with Gasteiger partial charge >= 0.3 is 0 Å². The Morgan fingerprint density at radius 1 is 1.60 bits per heavy atom. The van der Waals surface area contributed by atoms with Gasteiger partial charge in [-0.1, -0.05) is 13.8 Å². The van der Waals surface area contributed by atoms with Crippen molar-refractivity contribution in [2.75, 3.05) is 11.5 Å². The average molecular weight is 160 g/mol. The van der Waals surface area contributed by atoms with E-state index in [-0.39, 0.29) is 5.84 Å². The third-order valence-corrected chi connectivity index (χ3v) is 2.14. The fourth-order valence-corrected chi connectivity index (χ4v) is 1.50. The lowest BCUT2D eigenvalue weighted by molar-refractivity contribution is 0.632. The number of nitrogens with one attached hydrogen (secondary N) is 1. The van der Waals surface area contributed by atoms with Crippen LogP contribution in [0, 0.1) is 11.3 Å². The van der Waals surface area contributed by atoms with Crippen LogP contribution < -0.4 is 5.73 Å². The molecule has 0 rings (SSSR count). The molecule has 0 unspecified atom stereocenters. The first-order chi connectivity index (χ1) is 4.63. The molecule has 2 nitrogen and oxygen atoms in total. The van der Waals surface area contributed by atoms with Gasteiger partial charge in [0.25, 0.3) is 0 Å². The maximum Gasteiger partial charge on any atom is 0.101 e. The van der Waals surface area contributed by atoms with Crippen LogP contribution in [0.1, 0.15) is 20.3 Å². The molecule has 0 saturated heterocycles. The highest BCUT2D eigenvalue weighted by Crippen LogP contribution is 2.07. The van der Waals surface area contributed by atoms with Crippen molar-refractivity contribution >= 4 is 17.6 Å². The lowest BCUT2D eigenvalue weighted by atomic mass is 10.2. The predicted octanol–water partition coefficient (Wildman–Crippen LogP) is 1.70. The zero-order valence-corrected chi connectivity index (χ0v) is 7.50. The van der Waals surface area contributed by atoms with Crippen molar-refractivity contribution in [3.63, 3.8) is 0 Å². The second kappa shape index (κ2) is 5.59. The van der Waals surface area contributed by atoms with Crippen molar-refractivity contribution in [1.82, 2.24) is 0 Å². The van der Waals surface area contributed by atoms with Crippen molar-refractivity contribution in [3.8, 4) is 0 Å². The van der Waals surface area contributed by atoms with Gasteiger partial charge in [0.1, 0.15) is 5.84 Å². The van der Waals surface area contributed by atoms with E-state index < -0.39 is 0 Å². The lowest BCUT2D eigenvalue weighted by Crippen LogP contribution is -2.12. The van der Waals surface area contributed by atoms with Gasteiger partial charge in [0.2, 0.25) is 0 Å². The van der Waals surface area contributed by atoms with E-state index in [2.05, 4.69) is 13.8 Å². The van der Waals surface area contributed by atoms with Gasteiger partial charge < -0.3 is 5.73 Å². The fourth-order valence-electron chi connectivity index (χ4n) is 0.501. The van der Waals surface area contributed by atoms with Crippen LogP contribution in [0.5, 0.6) is 0 Å². The zero-order valence-electron chi connectivity index (χ0n) is 6.68. The van der Waals surface area contributed by atoms with E-state index in [1.165, 1.54) is 6.42 Å². The first kappa shape index (κ1) is 9.82. The Hall–Kier alpha value is -0.180. The van der Waals surface area contributed by atoms with Crippen molar-refractivity contribution < 1.29 is 0 Å². The summed E-state index contributed by atoms with van der Waals surface area (Å²) in [6, 6.07) is 0. The number of nitrogens with two attached hydrogens (primary N) is 1. The standard InChI is InChI=1S/C7H16N2S/c1-6(2)3-4-10-5-7(8)9/h6H,3-5H2,1-2H3,(H3,8,9). The highest BCUT2D eigenvalue weighted by Gasteiger charge is 1.94. The van der Waals surface area contributed by atoms with E-state index in [4.69, 9.17) is 11.1 Å². The van der Waals surface area contributed by atoms with Crippen LogP contribution >= 0.6 is 11.8 Å². The minimum Gasteiger partial charge on any atom is -0.387 e. The molecule has 0 atom stereocenters. The molecule has 10 heavy (non-hydrogen) atoms. The van der Waals surface area contributed by atoms with E-state index in [1.807, 2.05) is 0 Å². The van der Waals surface area contributed by atoms with Crippen LogP contribution in [0.3, 0.4) is 0 Å². The van der Waals surface area contributed by atoms with Crippen molar-refractivity contribution in [1.29, 1.82) is 5.41 Å². The summed E-state index contributed by atoms with van der Waals surface area (Å²) in [6.45, 7) is 4.41. The number of hydrogen-bond acceptors (Lipinski definition) is 2. The van der Waals surface area contributed by atoms with Crippen LogP contribution in [0.4, 0.5) is 0 Å². The molecule has 0 amide bonds. The largest absolute Gasteiger partial charge is 0.387 e. The molecule has 0 heterocycles. The predicted molar refractivity (Wildman–Crippen MR) is 48.7 cm³/mol. The van der Waals surface area contributed by atoms with Crippen LogP contribution in [-0.4, -0.2) is 17.3 Å². The summed E-state index contributed by atoms with van der Waals surface area (Å²) < 4.78 is 0. The normalized spacial score (nSPS) is 10.3. The van der Waals surface area contributed by atoms with Gasteiger partial charge in [-0.15, -0.1) is 0 Å². The Morgan fingerprint density at radius 2 is 2.20 bits per heavy atom. The van der Waals surface area contributed by atoms with Gasteiger partial charge in [-0.25, -0.2) is 0 Å². The van der Waals surface area contributed by atoms with Crippen molar-refractivity contribution in [3.05, 3.63) is 0 Å². The molecular formula is C7H16N2S. The third kappa shape index (κ3) is 7.82. The summed E-state index contributed by atoms with van der Waals surface area (Å²) in [5, 5.41) is 6.94. The molecule has 3 N–H and O–H groups in total. The summed E-state index contributed by atoms with van der Waals surface area (Å²) in [4.78, 5) is 0. The molecule has 0 aromatic rings. The Labute approximate surface area is 67.1 Å². The summed E-state index contributed by atoms with van der Waals surface area (Å²) >= 11 is 1.74. The van der Waals surface area contributed by atoms with E-state index in [0.29, 0.717) is 5.75 Å². The number of hydrogen-bond donors (Lipinski definition) is 2. The quantitative estimate of drug-likeness (QED) is 0.365. The van der Waals surface area contributed by atoms with Crippen LogP contribution in [0.15, 0.2) is 0 Å². The van der Waals surface area contributed by atoms with Crippen LogP contribution in [0.25, 0.3) is 0 Å². The Kier molecular flexibility index (Phi) is 5.49. The number of rotatable bonds is 5. The van der Waals surface area contributed by atoms with Gasteiger partial charge in [0.15, 0.2) is 0 Å². The average Bonchev–Trinajstić information content (AvgIpc) is 1.79. The second-order valence-corrected chi connectivity index (χ2v) is 3.87. The van der Waals surface area contributed by atoms with Gasteiger partial charge in [-0.3, -0.25) is 5.41 Å². The minimum atomic E-state index is 0.286. The molecule has 0 radical (unpaired) electrons. The second-order valence-electron chi connectivity index (χ2n) is 2.76. The Morgan fingerprint density at radius 3 is 2.60 bits per heavy atom. The molecule has 3 heteroatoms. The molecule has 0 aliphatic heterocycles. The number of amidine groups is 1. The van der Waals surface area contributed by atoms with Crippen molar-refractivity contribution in [2.45, 2.75) is 20.3 Å². The van der Waals surface area contributed by atoms with E-state index >= 15 is 0 Å². The molecule has 0 bridgehead atoms. The van der Waals surface area contributed by atoms with Gasteiger partial charge in [-0.05, 0) is 18.1 Å². The molecule has 0 aromatic heterocycles. The van der Waals surface area contributed by atoms with E-state index in [0.717, 1.165) is 11.7 Å². The maximum atomic E-state index is 6.94. The Balaban J connectivity index is 2.98. The Bertz CT molecular complexity index is 102. The van der Waals surface area contributed by atoms with Gasteiger partial charge in [-0.2, -0.15) is 11.8 Å². The van der Waals surface area contributed by atoms with Crippen molar-refractivity contribution in [2.24, 2.45) is 11.7 Å². The maximum absolute atomic E-state index is 6.94. The molecule has 0 aliphatic carbocycles. The highest BCUT2D eigenvalue weighted by atomic mass is 32.2. The molecule has 0 aliphatic rings. The minimum absolute atomic E-state index is 0.286. The molecule has 0 aromatic carbocycles. The highest BCUT2D eigenvalue weighted by molar-refractivity contribution is 7.99. The van der Waals surface area contributed by atoms with E-state index in [1.54, 1.807) is 11.8 Å². The summed E-state index contributed by atoms with van der Waals surface area (Å²) in [6.07, 6.45) is 1.22. The molecule has 0 fully saturated rings. The summed E-state index contributed by atoms with van der Waals surface area (Å²) in [5.74, 6) is 2.86. The SMILES string of the molecule is CC(C)CCSCC(=N)N. The van der Waals surface area contributed by atoms with Crippen LogP contribution in [-0.2, 0) is 0 Å². The summed E-state index contributed by atoms with van der Waals surface area (Å²) in [7, 11) is 0. The van der Waals surface area contributed by atoms with E-state index in [9.17, 15) is 0 Å². The smallest absolute Gasteiger partial charge is 0.101 e. The zero-order chi connectivity index (χ0) is 7.98. The first-order valence-electron chi connectivity index (χ1n) is 3.53. The number of thioether (sulfide) groups is 1. The third-order valence-electron chi connectivity index (χ3n) is 1.10.